The van der Waals surface area contributed by atoms with Crippen LogP contribution in [0.25, 0.3) is 11.3 Å². The summed E-state index contributed by atoms with van der Waals surface area (Å²) in [5, 5.41) is 9.14. The van der Waals surface area contributed by atoms with E-state index in [1.54, 1.807) is 39.8 Å². The van der Waals surface area contributed by atoms with Gasteiger partial charge in [0, 0.05) is 25.3 Å². The number of amides is 2. The van der Waals surface area contributed by atoms with Crippen LogP contribution in [0, 0.1) is 11.8 Å². The van der Waals surface area contributed by atoms with E-state index in [9.17, 15) is 18.4 Å². The highest BCUT2D eigenvalue weighted by molar-refractivity contribution is 5.94. The Bertz CT molecular complexity index is 1190. The molecule has 1 atom stereocenters. The smallest absolute Gasteiger partial charge is 0.407 e. The Labute approximate surface area is 208 Å². The lowest BCUT2D eigenvalue weighted by atomic mass is 10.1. The molecule has 0 bridgehead atoms. The van der Waals surface area contributed by atoms with Crippen LogP contribution < -0.4 is 16.1 Å². The van der Waals surface area contributed by atoms with Crippen molar-refractivity contribution in [1.82, 2.24) is 25.5 Å². The standard InChI is InChI=1S/C25H30F2N6O3/c1-16(31-24(35)36-25(2,3)4)13-29-23(34)18-8-9-21(28-14-18)20-15-33(32-22(20)27)30-11-10-17-6-5-7-19(26)12-17/h5-9,12,14-16,30H,10-11,13H2,1-4H3,(H,29,34)(H,31,35)/t16-/m1/s1. The summed E-state index contributed by atoms with van der Waals surface area (Å²) >= 11 is 0. The van der Waals surface area contributed by atoms with Crippen molar-refractivity contribution < 1.29 is 23.1 Å². The Hall–Kier alpha value is -4.02. The van der Waals surface area contributed by atoms with Crippen LogP contribution in [-0.2, 0) is 11.2 Å². The number of hydrogen-bond donors (Lipinski definition) is 3. The van der Waals surface area contributed by atoms with E-state index in [2.05, 4.69) is 26.1 Å². The predicted octanol–water partition coefficient (Wildman–Crippen LogP) is 3.65. The van der Waals surface area contributed by atoms with Crippen LogP contribution in [0.3, 0.4) is 0 Å². The van der Waals surface area contributed by atoms with Gasteiger partial charge in [0.15, 0.2) is 0 Å². The number of carbonyl (C=O) groups is 2. The molecule has 2 aromatic heterocycles. The maximum atomic E-state index is 14.4. The third kappa shape index (κ3) is 8.03. The molecular weight excluding hydrogens is 470 g/mol. The number of alkyl carbamates (subject to hydrolysis) is 1. The number of nitrogens with one attached hydrogen (secondary N) is 3. The predicted molar refractivity (Wildman–Crippen MR) is 131 cm³/mol. The van der Waals surface area contributed by atoms with Crippen LogP contribution in [0.2, 0.25) is 0 Å². The second-order valence-electron chi connectivity index (χ2n) is 9.26. The van der Waals surface area contributed by atoms with Gasteiger partial charge >= 0.3 is 6.09 Å². The van der Waals surface area contributed by atoms with Gasteiger partial charge in [0.05, 0.1) is 23.0 Å². The lowest BCUT2D eigenvalue weighted by molar-refractivity contribution is 0.0506. The molecule has 0 unspecified atom stereocenters. The molecule has 0 spiro atoms. The Morgan fingerprint density at radius 2 is 1.94 bits per heavy atom. The molecule has 0 aliphatic carbocycles. The summed E-state index contributed by atoms with van der Waals surface area (Å²) in [7, 11) is 0. The van der Waals surface area contributed by atoms with Crippen LogP contribution >= 0.6 is 0 Å². The molecule has 0 aliphatic rings. The Kier molecular flexibility index (Phi) is 8.57. The zero-order chi connectivity index (χ0) is 26.3. The SMILES string of the molecule is C[C@H](CNC(=O)c1ccc(-c2cn(NCCc3cccc(F)c3)nc2F)nc1)NC(=O)OC(C)(C)C. The summed E-state index contributed by atoms with van der Waals surface area (Å²) < 4.78 is 32.8. The number of halogens is 2. The van der Waals surface area contributed by atoms with Crippen LogP contribution in [0.5, 0.6) is 0 Å². The Balaban J connectivity index is 1.51. The van der Waals surface area contributed by atoms with E-state index in [4.69, 9.17) is 4.74 Å². The fourth-order valence-electron chi connectivity index (χ4n) is 3.21. The normalized spacial score (nSPS) is 12.1. The molecule has 3 N–H and O–H groups in total. The number of benzene rings is 1. The van der Waals surface area contributed by atoms with E-state index < -0.39 is 17.6 Å². The summed E-state index contributed by atoms with van der Waals surface area (Å²) in [4.78, 5) is 29.7. The van der Waals surface area contributed by atoms with E-state index >= 15 is 0 Å². The van der Waals surface area contributed by atoms with Crippen molar-refractivity contribution in [2.45, 2.75) is 45.8 Å². The van der Waals surface area contributed by atoms with Crippen molar-refractivity contribution in [2.75, 3.05) is 18.5 Å². The van der Waals surface area contributed by atoms with Gasteiger partial charge in [-0.1, -0.05) is 12.1 Å². The molecule has 192 valence electrons. The van der Waals surface area contributed by atoms with Crippen LogP contribution in [-0.4, -0.2) is 51.6 Å². The van der Waals surface area contributed by atoms with E-state index in [-0.39, 0.29) is 35.4 Å². The molecule has 0 saturated carbocycles. The number of pyridine rings is 1. The number of carbonyl (C=O) groups excluding carboxylic acids is 2. The van der Waals surface area contributed by atoms with Crippen LogP contribution in [0.1, 0.15) is 43.6 Å². The minimum absolute atomic E-state index is 0.162. The molecule has 9 nitrogen and oxygen atoms in total. The number of nitrogens with zero attached hydrogens (tertiary/aromatic N) is 3. The van der Waals surface area contributed by atoms with Gasteiger partial charge < -0.3 is 20.8 Å². The first-order valence-corrected chi connectivity index (χ1v) is 11.5. The highest BCUT2D eigenvalue weighted by Crippen LogP contribution is 2.19. The second-order valence-corrected chi connectivity index (χ2v) is 9.26. The fourth-order valence-corrected chi connectivity index (χ4v) is 3.21. The number of rotatable bonds is 9. The first-order chi connectivity index (χ1) is 17.0. The topological polar surface area (TPSA) is 110 Å². The molecule has 2 amide bonds. The summed E-state index contributed by atoms with van der Waals surface area (Å²) in [5.41, 5.74) is 3.88. The van der Waals surface area contributed by atoms with Gasteiger partial charge in [-0.3, -0.25) is 9.78 Å². The van der Waals surface area contributed by atoms with Crippen LogP contribution in [0.4, 0.5) is 13.6 Å². The molecule has 3 rings (SSSR count). The largest absolute Gasteiger partial charge is 0.444 e. The van der Waals surface area contributed by atoms with Gasteiger partial charge in [0.25, 0.3) is 5.91 Å². The van der Waals surface area contributed by atoms with E-state index in [1.165, 1.54) is 41.4 Å². The minimum Gasteiger partial charge on any atom is -0.444 e. The molecule has 3 aromatic rings. The zero-order valence-electron chi connectivity index (χ0n) is 20.6. The van der Waals surface area contributed by atoms with E-state index in [0.29, 0.717) is 18.7 Å². The molecule has 1 aromatic carbocycles. The summed E-state index contributed by atoms with van der Waals surface area (Å²) in [6, 6.07) is 8.94. The fraction of sp³-hybridized carbons (Fsp3) is 0.360. The molecule has 36 heavy (non-hydrogen) atoms. The van der Waals surface area contributed by atoms with Crippen molar-refractivity contribution in [3.8, 4) is 11.3 Å². The Morgan fingerprint density at radius 3 is 2.61 bits per heavy atom. The van der Waals surface area contributed by atoms with Crippen molar-refractivity contribution in [2.24, 2.45) is 0 Å². The molecule has 0 fully saturated rings. The average molecular weight is 501 g/mol. The first kappa shape index (κ1) is 26.6. The molecule has 0 aliphatic heterocycles. The van der Waals surface area contributed by atoms with Crippen molar-refractivity contribution in [3.63, 3.8) is 0 Å². The highest BCUT2D eigenvalue weighted by atomic mass is 19.1. The second kappa shape index (κ2) is 11.6. The third-order valence-electron chi connectivity index (χ3n) is 4.88. The number of hydrogen-bond acceptors (Lipinski definition) is 6. The molecule has 2 heterocycles. The molecule has 0 radical (unpaired) electrons. The zero-order valence-corrected chi connectivity index (χ0v) is 20.6. The third-order valence-corrected chi connectivity index (χ3v) is 4.88. The number of ether oxygens (including phenoxy) is 1. The quantitative estimate of drug-likeness (QED) is 0.414. The maximum Gasteiger partial charge on any atom is 0.407 e. The lowest BCUT2D eigenvalue weighted by Crippen LogP contribution is -2.43. The lowest BCUT2D eigenvalue weighted by Gasteiger charge is -2.22. The van der Waals surface area contributed by atoms with Gasteiger partial charge in [0.1, 0.15) is 11.4 Å². The highest BCUT2D eigenvalue weighted by Gasteiger charge is 2.18. The van der Waals surface area contributed by atoms with Crippen molar-refractivity contribution in [3.05, 3.63) is 71.7 Å². The maximum absolute atomic E-state index is 14.4. The van der Waals surface area contributed by atoms with Gasteiger partial charge in [0.2, 0.25) is 5.95 Å². The van der Waals surface area contributed by atoms with E-state index in [0.717, 1.165) is 5.56 Å². The first-order valence-electron chi connectivity index (χ1n) is 11.5. The average Bonchev–Trinajstić information content (AvgIpc) is 3.16. The van der Waals surface area contributed by atoms with Crippen LogP contribution in [0.15, 0.2) is 48.8 Å². The van der Waals surface area contributed by atoms with Crippen molar-refractivity contribution in [1.29, 1.82) is 0 Å². The van der Waals surface area contributed by atoms with Gasteiger partial charge in [-0.15, -0.1) is 5.10 Å². The Morgan fingerprint density at radius 1 is 1.17 bits per heavy atom. The molecule has 0 saturated heterocycles. The van der Waals surface area contributed by atoms with Crippen molar-refractivity contribution >= 4 is 12.0 Å². The van der Waals surface area contributed by atoms with Gasteiger partial charge in [-0.2, -0.15) is 9.18 Å². The summed E-state index contributed by atoms with van der Waals surface area (Å²) in [6.45, 7) is 7.62. The monoisotopic (exact) mass is 500 g/mol. The van der Waals surface area contributed by atoms with Gasteiger partial charge in [-0.05, 0) is 63.9 Å². The molecule has 11 heteroatoms. The molecular formula is C25H30F2N6O3. The van der Waals surface area contributed by atoms with E-state index in [1.807, 2.05) is 0 Å². The minimum atomic E-state index is -0.722. The summed E-state index contributed by atoms with van der Waals surface area (Å²) in [6.07, 6.45) is 2.75. The summed E-state index contributed by atoms with van der Waals surface area (Å²) in [5.74, 6) is -1.42. The van der Waals surface area contributed by atoms with Gasteiger partial charge in [-0.25, -0.2) is 9.18 Å². The number of aromatic nitrogens is 3.